The van der Waals surface area contributed by atoms with Crippen LogP contribution in [0.15, 0.2) is 18.3 Å². The van der Waals surface area contributed by atoms with Gasteiger partial charge in [-0.25, -0.2) is 15.0 Å². The van der Waals surface area contributed by atoms with Crippen LogP contribution in [0.2, 0.25) is 0 Å². The quantitative estimate of drug-likeness (QED) is 0.773. The lowest BCUT2D eigenvalue weighted by Crippen LogP contribution is -2.45. The molecule has 7 nitrogen and oxygen atoms in total. The Morgan fingerprint density at radius 2 is 2.03 bits per heavy atom. The highest BCUT2D eigenvalue weighted by Crippen LogP contribution is 2.30. The first-order valence-electron chi connectivity index (χ1n) is 10.3. The molecule has 2 aromatic rings. The van der Waals surface area contributed by atoms with E-state index in [1.165, 1.54) is 0 Å². The molecule has 0 atom stereocenters. The van der Waals surface area contributed by atoms with Gasteiger partial charge in [0.25, 0.3) is 0 Å². The molecule has 29 heavy (non-hydrogen) atoms. The summed E-state index contributed by atoms with van der Waals surface area (Å²) in [5.41, 5.74) is 2.64. The summed E-state index contributed by atoms with van der Waals surface area (Å²) in [6, 6.07) is 3.78. The largest absolute Gasteiger partial charge is 0.492 e. The Balaban J connectivity index is 1.85. The van der Waals surface area contributed by atoms with Crippen LogP contribution in [0.4, 0.5) is 5.82 Å². The second-order valence-corrected chi connectivity index (χ2v) is 8.53. The molecule has 0 saturated carbocycles. The standard InChI is InChI=1S/C22H31N5O2/c1-6-12-29-15-10-11-18(23-13-15)20-24-17-9-7-8-16(17)21(25-20)27(5)14-19(28)26-22(2,3)4/h10-11,13H,6-9,12,14H2,1-5H3,(H,26,28). The molecule has 0 spiro atoms. The van der Waals surface area contributed by atoms with Crippen LogP contribution in [0.3, 0.4) is 0 Å². The number of hydrogen-bond donors (Lipinski definition) is 1. The Morgan fingerprint density at radius 3 is 2.69 bits per heavy atom. The van der Waals surface area contributed by atoms with Crippen molar-refractivity contribution in [2.45, 2.75) is 58.9 Å². The number of likely N-dealkylation sites (N-methyl/N-ethyl adjacent to an activating group) is 1. The Labute approximate surface area is 172 Å². The van der Waals surface area contributed by atoms with Gasteiger partial charge in [-0.1, -0.05) is 6.92 Å². The lowest BCUT2D eigenvalue weighted by molar-refractivity contribution is -0.121. The summed E-state index contributed by atoms with van der Waals surface area (Å²) in [6.45, 7) is 8.92. The van der Waals surface area contributed by atoms with Crippen molar-refractivity contribution in [2.24, 2.45) is 0 Å². The van der Waals surface area contributed by atoms with Crippen molar-refractivity contribution in [3.05, 3.63) is 29.6 Å². The van der Waals surface area contributed by atoms with Crippen LogP contribution in [-0.2, 0) is 17.6 Å². The topological polar surface area (TPSA) is 80.2 Å². The van der Waals surface area contributed by atoms with Gasteiger partial charge < -0.3 is 15.0 Å². The fourth-order valence-corrected chi connectivity index (χ4v) is 3.41. The van der Waals surface area contributed by atoms with Gasteiger partial charge in [-0.05, 0) is 58.6 Å². The predicted octanol–water partition coefficient (Wildman–Crippen LogP) is 3.17. The molecule has 156 valence electrons. The Kier molecular flexibility index (Phi) is 6.35. The lowest BCUT2D eigenvalue weighted by atomic mass is 10.1. The molecule has 0 aliphatic heterocycles. The first-order chi connectivity index (χ1) is 13.8. The number of rotatable bonds is 7. The van der Waals surface area contributed by atoms with Crippen LogP contribution in [0, 0.1) is 0 Å². The van der Waals surface area contributed by atoms with Crippen molar-refractivity contribution >= 4 is 11.7 Å². The van der Waals surface area contributed by atoms with Gasteiger partial charge in [0.2, 0.25) is 5.91 Å². The molecule has 2 aromatic heterocycles. The average molecular weight is 398 g/mol. The molecule has 2 heterocycles. The van der Waals surface area contributed by atoms with E-state index >= 15 is 0 Å². The summed E-state index contributed by atoms with van der Waals surface area (Å²) in [6.07, 6.45) is 5.58. The number of amides is 1. The summed E-state index contributed by atoms with van der Waals surface area (Å²) in [5.74, 6) is 2.13. The third-order valence-corrected chi connectivity index (χ3v) is 4.61. The number of pyridine rings is 1. The molecule has 0 unspecified atom stereocenters. The van der Waals surface area contributed by atoms with E-state index in [4.69, 9.17) is 14.7 Å². The molecule has 1 aliphatic rings. The summed E-state index contributed by atoms with van der Waals surface area (Å²) in [5, 5.41) is 3.01. The highest BCUT2D eigenvalue weighted by atomic mass is 16.5. The normalized spacial score (nSPS) is 13.1. The van der Waals surface area contributed by atoms with Gasteiger partial charge in [0.05, 0.1) is 19.3 Å². The van der Waals surface area contributed by atoms with Gasteiger partial charge >= 0.3 is 0 Å². The second-order valence-electron chi connectivity index (χ2n) is 8.53. The van der Waals surface area contributed by atoms with Gasteiger partial charge in [0.15, 0.2) is 5.82 Å². The zero-order chi connectivity index (χ0) is 21.0. The van der Waals surface area contributed by atoms with Crippen molar-refractivity contribution in [3.8, 4) is 17.3 Å². The minimum Gasteiger partial charge on any atom is -0.492 e. The summed E-state index contributed by atoms with van der Waals surface area (Å²) >= 11 is 0. The van der Waals surface area contributed by atoms with Gasteiger partial charge in [-0.2, -0.15) is 0 Å². The summed E-state index contributed by atoms with van der Waals surface area (Å²) < 4.78 is 5.61. The zero-order valence-electron chi connectivity index (χ0n) is 18.1. The van der Waals surface area contributed by atoms with Gasteiger partial charge in [-0.15, -0.1) is 0 Å². The summed E-state index contributed by atoms with van der Waals surface area (Å²) in [7, 11) is 1.90. The second kappa shape index (κ2) is 8.76. The third-order valence-electron chi connectivity index (χ3n) is 4.61. The molecule has 0 bridgehead atoms. The number of nitrogens with one attached hydrogen (secondary N) is 1. The van der Waals surface area contributed by atoms with Crippen molar-refractivity contribution in [1.82, 2.24) is 20.3 Å². The molecule has 0 saturated heterocycles. The van der Waals surface area contributed by atoms with Crippen LogP contribution >= 0.6 is 0 Å². The first kappa shape index (κ1) is 21.0. The monoisotopic (exact) mass is 397 g/mol. The lowest BCUT2D eigenvalue weighted by Gasteiger charge is -2.25. The number of anilines is 1. The molecule has 0 radical (unpaired) electrons. The van der Waals surface area contributed by atoms with Crippen LogP contribution in [0.1, 0.15) is 51.8 Å². The maximum absolute atomic E-state index is 12.4. The fraction of sp³-hybridized carbons (Fsp3) is 0.545. The molecule has 1 N–H and O–H groups in total. The number of carbonyl (C=O) groups excluding carboxylic acids is 1. The zero-order valence-corrected chi connectivity index (χ0v) is 18.1. The van der Waals surface area contributed by atoms with Gasteiger partial charge in [0.1, 0.15) is 17.3 Å². The average Bonchev–Trinajstić information content (AvgIpc) is 3.13. The van der Waals surface area contributed by atoms with E-state index in [2.05, 4.69) is 17.2 Å². The molecule has 1 amide bonds. The number of carbonyl (C=O) groups is 1. The number of aromatic nitrogens is 3. The van der Waals surface area contributed by atoms with Gasteiger partial charge in [0, 0.05) is 23.8 Å². The maximum Gasteiger partial charge on any atom is 0.239 e. The molecule has 3 rings (SSSR count). The Hall–Kier alpha value is -2.70. The molecule has 0 aromatic carbocycles. The van der Waals surface area contributed by atoms with E-state index in [0.717, 1.165) is 48.5 Å². The van der Waals surface area contributed by atoms with E-state index in [9.17, 15) is 4.79 Å². The van der Waals surface area contributed by atoms with Crippen LogP contribution in [0.25, 0.3) is 11.5 Å². The van der Waals surface area contributed by atoms with E-state index in [1.807, 2.05) is 44.9 Å². The molecule has 1 aliphatic carbocycles. The molecule has 0 fully saturated rings. The summed E-state index contributed by atoms with van der Waals surface area (Å²) in [4.78, 5) is 28.3. The number of hydrogen-bond acceptors (Lipinski definition) is 6. The van der Waals surface area contributed by atoms with Crippen molar-refractivity contribution in [3.63, 3.8) is 0 Å². The SMILES string of the molecule is CCCOc1ccc(-c2nc3c(c(N(C)CC(=O)NC(C)(C)C)n2)CCC3)nc1. The van der Waals surface area contributed by atoms with Gasteiger partial charge in [-0.3, -0.25) is 4.79 Å². The van der Waals surface area contributed by atoms with E-state index in [0.29, 0.717) is 18.1 Å². The van der Waals surface area contributed by atoms with E-state index in [-0.39, 0.29) is 18.0 Å². The number of ether oxygens (including phenoxy) is 1. The number of nitrogens with zero attached hydrogens (tertiary/aromatic N) is 4. The minimum atomic E-state index is -0.262. The molecular formula is C22H31N5O2. The Morgan fingerprint density at radius 1 is 1.24 bits per heavy atom. The van der Waals surface area contributed by atoms with E-state index < -0.39 is 0 Å². The maximum atomic E-state index is 12.4. The van der Waals surface area contributed by atoms with Crippen LogP contribution in [-0.4, -0.2) is 46.6 Å². The minimum absolute atomic E-state index is 0.0255. The van der Waals surface area contributed by atoms with Crippen molar-refractivity contribution in [1.29, 1.82) is 0 Å². The van der Waals surface area contributed by atoms with Crippen LogP contribution < -0.4 is 15.0 Å². The number of fused-ring (bicyclic) bond motifs is 1. The number of aryl methyl sites for hydroxylation is 1. The fourth-order valence-electron chi connectivity index (χ4n) is 3.41. The predicted molar refractivity (Wildman–Crippen MR) is 114 cm³/mol. The molecular weight excluding hydrogens is 366 g/mol. The first-order valence-corrected chi connectivity index (χ1v) is 10.3. The molecule has 7 heteroatoms. The van der Waals surface area contributed by atoms with E-state index in [1.54, 1.807) is 6.20 Å². The van der Waals surface area contributed by atoms with Crippen molar-refractivity contribution in [2.75, 3.05) is 25.1 Å². The highest BCUT2D eigenvalue weighted by molar-refractivity contribution is 5.82. The van der Waals surface area contributed by atoms with Crippen LogP contribution in [0.5, 0.6) is 5.75 Å². The smallest absolute Gasteiger partial charge is 0.239 e. The third kappa shape index (κ3) is 5.43. The van der Waals surface area contributed by atoms with Crippen molar-refractivity contribution < 1.29 is 9.53 Å². The Bertz CT molecular complexity index is 859. The highest BCUT2D eigenvalue weighted by Gasteiger charge is 2.24.